The molecule has 4 aromatic rings. The second-order valence-corrected chi connectivity index (χ2v) is 7.46. The molecule has 0 saturated heterocycles. The highest BCUT2D eigenvalue weighted by molar-refractivity contribution is 8.00. The summed E-state index contributed by atoms with van der Waals surface area (Å²) in [6.45, 7) is 1.99. The molecule has 0 bridgehead atoms. The molecule has 2 N–H and O–H groups in total. The van der Waals surface area contributed by atoms with Crippen molar-refractivity contribution in [3.05, 3.63) is 59.9 Å². The van der Waals surface area contributed by atoms with Gasteiger partial charge in [0.15, 0.2) is 0 Å². The third-order valence-electron chi connectivity index (χ3n) is 4.32. The van der Waals surface area contributed by atoms with Crippen molar-refractivity contribution < 1.29 is 18.0 Å². The molecule has 0 spiro atoms. The van der Waals surface area contributed by atoms with Crippen LogP contribution in [0.1, 0.15) is 11.1 Å². The first-order chi connectivity index (χ1) is 13.8. The number of fused-ring (bicyclic) bond motifs is 3. The Morgan fingerprint density at radius 1 is 1.17 bits per heavy atom. The van der Waals surface area contributed by atoms with Gasteiger partial charge in [0.2, 0.25) is 5.91 Å². The number of anilines is 1. The number of nitrogens with one attached hydrogen (secondary N) is 2. The Labute approximate surface area is 167 Å². The molecule has 0 saturated carbocycles. The molecule has 1 amide bonds. The zero-order chi connectivity index (χ0) is 20.6. The van der Waals surface area contributed by atoms with E-state index in [1.807, 2.05) is 25.1 Å². The first kappa shape index (κ1) is 19.3. The summed E-state index contributed by atoms with van der Waals surface area (Å²) in [5.41, 5.74) is 2.80. The largest absolute Gasteiger partial charge is 0.416 e. The maximum absolute atomic E-state index is 12.8. The number of amides is 1. The summed E-state index contributed by atoms with van der Waals surface area (Å²) in [6, 6.07) is 10.5. The van der Waals surface area contributed by atoms with Crippen molar-refractivity contribution in [2.45, 2.75) is 18.1 Å². The maximum Gasteiger partial charge on any atom is 0.416 e. The Balaban J connectivity index is 1.51. The number of rotatable bonds is 4. The summed E-state index contributed by atoms with van der Waals surface area (Å²) in [5, 5.41) is 4.06. The van der Waals surface area contributed by atoms with Crippen LogP contribution in [0.25, 0.3) is 21.9 Å². The standard InChI is InChI=1S/C20H15F3N4OS/c1-11-5-6-15-14(7-11)17-18(27-15)19(25-10-24-17)29-9-16(28)26-13-4-2-3-12(8-13)20(21,22)23/h2-8,10,27H,9H2,1H3,(H,26,28). The van der Waals surface area contributed by atoms with E-state index in [1.54, 1.807) is 0 Å². The first-order valence-corrected chi connectivity index (χ1v) is 9.63. The Bertz CT molecular complexity index is 1220. The van der Waals surface area contributed by atoms with Gasteiger partial charge in [-0.2, -0.15) is 13.2 Å². The van der Waals surface area contributed by atoms with Crippen LogP contribution in [0.2, 0.25) is 0 Å². The van der Waals surface area contributed by atoms with Gasteiger partial charge in [-0.15, -0.1) is 0 Å². The maximum atomic E-state index is 12.8. The number of hydrogen-bond donors (Lipinski definition) is 2. The highest BCUT2D eigenvalue weighted by atomic mass is 32.2. The number of carbonyl (C=O) groups excluding carboxylic acids is 1. The number of benzene rings is 2. The van der Waals surface area contributed by atoms with E-state index in [0.29, 0.717) is 5.03 Å². The molecule has 0 aliphatic heterocycles. The molecule has 2 aromatic heterocycles. The van der Waals surface area contributed by atoms with Crippen molar-refractivity contribution in [1.29, 1.82) is 0 Å². The molecular formula is C20H15F3N4OS. The predicted molar refractivity (Wildman–Crippen MR) is 107 cm³/mol. The van der Waals surface area contributed by atoms with Crippen LogP contribution in [0.4, 0.5) is 18.9 Å². The van der Waals surface area contributed by atoms with Crippen molar-refractivity contribution in [2.75, 3.05) is 11.1 Å². The van der Waals surface area contributed by atoms with Crippen LogP contribution in [0, 0.1) is 6.92 Å². The van der Waals surface area contributed by atoms with Gasteiger partial charge < -0.3 is 10.3 Å². The van der Waals surface area contributed by atoms with Crippen LogP contribution < -0.4 is 5.32 Å². The molecule has 2 heterocycles. The van der Waals surface area contributed by atoms with Gasteiger partial charge >= 0.3 is 6.18 Å². The van der Waals surface area contributed by atoms with E-state index in [1.165, 1.54) is 30.2 Å². The molecule has 0 unspecified atom stereocenters. The normalized spacial score (nSPS) is 11.9. The average molecular weight is 416 g/mol. The highest BCUT2D eigenvalue weighted by Gasteiger charge is 2.30. The molecule has 0 fully saturated rings. The first-order valence-electron chi connectivity index (χ1n) is 8.64. The molecule has 0 atom stereocenters. The van der Waals surface area contributed by atoms with Crippen LogP contribution >= 0.6 is 11.8 Å². The predicted octanol–water partition coefficient (Wildman–Crippen LogP) is 5.17. The number of H-pyrrole nitrogens is 1. The second kappa shape index (κ2) is 7.40. The Morgan fingerprint density at radius 2 is 2.00 bits per heavy atom. The van der Waals surface area contributed by atoms with E-state index in [4.69, 9.17) is 0 Å². The van der Waals surface area contributed by atoms with Crippen LogP contribution in [-0.2, 0) is 11.0 Å². The Morgan fingerprint density at radius 3 is 2.79 bits per heavy atom. The van der Waals surface area contributed by atoms with Crippen molar-refractivity contribution in [3.63, 3.8) is 0 Å². The molecule has 4 rings (SSSR count). The van der Waals surface area contributed by atoms with Crippen LogP contribution in [-0.4, -0.2) is 26.6 Å². The Kier molecular flexibility index (Phi) is 4.91. The monoisotopic (exact) mass is 416 g/mol. The Hall–Kier alpha value is -3.07. The highest BCUT2D eigenvalue weighted by Crippen LogP contribution is 2.32. The van der Waals surface area contributed by atoms with Crippen molar-refractivity contribution >= 4 is 45.3 Å². The zero-order valence-electron chi connectivity index (χ0n) is 15.2. The summed E-state index contributed by atoms with van der Waals surface area (Å²) in [6.07, 6.45) is -3.03. The molecule has 29 heavy (non-hydrogen) atoms. The minimum Gasteiger partial charge on any atom is -0.351 e. The van der Waals surface area contributed by atoms with E-state index < -0.39 is 17.6 Å². The topological polar surface area (TPSA) is 70.7 Å². The van der Waals surface area contributed by atoms with E-state index >= 15 is 0 Å². The summed E-state index contributed by atoms with van der Waals surface area (Å²) in [4.78, 5) is 24.1. The number of nitrogens with zero attached hydrogens (tertiary/aromatic N) is 2. The molecule has 9 heteroatoms. The lowest BCUT2D eigenvalue weighted by molar-refractivity contribution is -0.137. The third-order valence-corrected chi connectivity index (χ3v) is 5.31. The van der Waals surface area contributed by atoms with Gasteiger partial charge in [0.25, 0.3) is 0 Å². The van der Waals surface area contributed by atoms with Gasteiger partial charge in [0.1, 0.15) is 16.9 Å². The van der Waals surface area contributed by atoms with Crippen molar-refractivity contribution in [1.82, 2.24) is 15.0 Å². The fourth-order valence-electron chi connectivity index (χ4n) is 3.00. The van der Waals surface area contributed by atoms with Gasteiger partial charge in [0, 0.05) is 16.6 Å². The van der Waals surface area contributed by atoms with Gasteiger partial charge in [-0.1, -0.05) is 29.5 Å². The SMILES string of the molecule is Cc1ccc2[nH]c3c(SCC(=O)Nc4cccc(C(F)(F)F)c4)ncnc3c2c1. The van der Waals surface area contributed by atoms with E-state index in [0.717, 1.165) is 39.6 Å². The molecule has 148 valence electrons. The number of alkyl halides is 3. The number of carbonyl (C=O) groups is 1. The third kappa shape index (κ3) is 4.04. The second-order valence-electron chi connectivity index (χ2n) is 6.49. The molecule has 5 nitrogen and oxygen atoms in total. The summed E-state index contributed by atoms with van der Waals surface area (Å²) in [7, 11) is 0. The fraction of sp³-hybridized carbons (Fsp3) is 0.150. The number of halogens is 3. The number of hydrogen-bond acceptors (Lipinski definition) is 4. The van der Waals surface area contributed by atoms with Crippen molar-refractivity contribution in [3.8, 4) is 0 Å². The fourth-order valence-corrected chi connectivity index (χ4v) is 3.75. The summed E-state index contributed by atoms with van der Waals surface area (Å²) >= 11 is 1.19. The quantitative estimate of drug-likeness (QED) is 0.356. The smallest absolute Gasteiger partial charge is 0.351 e. The number of aromatic nitrogens is 3. The van der Waals surface area contributed by atoms with Crippen LogP contribution in [0.5, 0.6) is 0 Å². The lowest BCUT2D eigenvalue weighted by Crippen LogP contribution is -2.15. The number of aromatic amines is 1. The number of aryl methyl sites for hydroxylation is 1. The minimum absolute atomic E-state index is 0.00322. The summed E-state index contributed by atoms with van der Waals surface area (Å²) in [5.74, 6) is -0.426. The summed E-state index contributed by atoms with van der Waals surface area (Å²) < 4.78 is 38.4. The molecule has 0 aliphatic carbocycles. The lowest BCUT2D eigenvalue weighted by atomic mass is 10.2. The van der Waals surface area contributed by atoms with Gasteiger partial charge in [0.05, 0.1) is 16.8 Å². The van der Waals surface area contributed by atoms with Crippen LogP contribution in [0.15, 0.2) is 53.8 Å². The minimum atomic E-state index is -4.46. The number of thioether (sulfide) groups is 1. The van der Waals surface area contributed by atoms with Gasteiger partial charge in [-0.3, -0.25) is 4.79 Å². The van der Waals surface area contributed by atoms with Gasteiger partial charge in [-0.25, -0.2) is 9.97 Å². The van der Waals surface area contributed by atoms with E-state index in [2.05, 4.69) is 20.3 Å². The molecule has 2 aromatic carbocycles. The van der Waals surface area contributed by atoms with Gasteiger partial charge in [-0.05, 0) is 37.3 Å². The average Bonchev–Trinajstić information content (AvgIpc) is 3.04. The molecule has 0 radical (unpaired) electrons. The van der Waals surface area contributed by atoms with E-state index in [9.17, 15) is 18.0 Å². The van der Waals surface area contributed by atoms with Crippen LogP contribution in [0.3, 0.4) is 0 Å². The molecular weight excluding hydrogens is 401 g/mol. The zero-order valence-corrected chi connectivity index (χ0v) is 16.0. The lowest BCUT2D eigenvalue weighted by Gasteiger charge is -2.09. The molecule has 0 aliphatic rings. The van der Waals surface area contributed by atoms with E-state index in [-0.39, 0.29) is 11.4 Å². The van der Waals surface area contributed by atoms with Crippen molar-refractivity contribution in [2.24, 2.45) is 0 Å².